The summed E-state index contributed by atoms with van der Waals surface area (Å²) < 4.78 is 25.6. The summed E-state index contributed by atoms with van der Waals surface area (Å²) in [5.74, 6) is -0.772. The van der Waals surface area contributed by atoms with Crippen LogP contribution in [0.3, 0.4) is 0 Å². The van der Waals surface area contributed by atoms with Crippen molar-refractivity contribution < 1.29 is 13.9 Å². The number of aliphatic hydroxyl groups is 1. The Morgan fingerprint density at radius 3 is 2.22 bits per heavy atom. The Hall–Kier alpha value is -1.45. The highest BCUT2D eigenvalue weighted by atomic mass is 35.5. The molecule has 0 radical (unpaired) electrons. The van der Waals surface area contributed by atoms with E-state index in [1.807, 2.05) is 0 Å². The van der Waals surface area contributed by atoms with Crippen LogP contribution in [-0.2, 0) is 6.42 Å². The molecule has 0 saturated carbocycles. The zero-order valence-corrected chi connectivity index (χ0v) is 10.2. The van der Waals surface area contributed by atoms with E-state index in [4.69, 9.17) is 11.6 Å². The summed E-state index contributed by atoms with van der Waals surface area (Å²) >= 11 is 5.88. The minimum absolute atomic E-state index is 0.255. The molecule has 0 aliphatic heterocycles. The predicted molar refractivity (Wildman–Crippen MR) is 66.5 cm³/mol. The Balaban J connectivity index is 2.15. The van der Waals surface area contributed by atoms with Crippen LogP contribution >= 0.6 is 11.6 Å². The highest BCUT2D eigenvalue weighted by Gasteiger charge is 2.11. The quantitative estimate of drug-likeness (QED) is 0.895. The van der Waals surface area contributed by atoms with E-state index in [1.165, 1.54) is 42.5 Å². The maximum Gasteiger partial charge on any atom is 0.124 e. The highest BCUT2D eigenvalue weighted by molar-refractivity contribution is 6.31. The zero-order valence-electron chi connectivity index (χ0n) is 9.41. The number of hydrogen-bond acceptors (Lipinski definition) is 1. The fraction of sp³-hybridized carbons (Fsp3) is 0.143. The van der Waals surface area contributed by atoms with Crippen molar-refractivity contribution in [3.05, 3.63) is 70.2 Å². The minimum atomic E-state index is -0.798. The van der Waals surface area contributed by atoms with Gasteiger partial charge in [0.1, 0.15) is 11.6 Å². The van der Waals surface area contributed by atoms with Crippen molar-refractivity contribution in [2.45, 2.75) is 12.5 Å². The summed E-state index contributed by atoms with van der Waals surface area (Å²) in [5.41, 5.74) is 1.24. The van der Waals surface area contributed by atoms with E-state index in [2.05, 4.69) is 0 Å². The average molecular weight is 269 g/mol. The van der Waals surface area contributed by atoms with E-state index in [0.29, 0.717) is 11.1 Å². The second kappa shape index (κ2) is 5.46. The molecule has 4 heteroatoms. The summed E-state index contributed by atoms with van der Waals surface area (Å²) in [7, 11) is 0. The van der Waals surface area contributed by atoms with E-state index in [9.17, 15) is 13.9 Å². The third-order valence-electron chi connectivity index (χ3n) is 2.68. The highest BCUT2D eigenvalue weighted by Crippen LogP contribution is 2.24. The van der Waals surface area contributed by atoms with Gasteiger partial charge in [-0.15, -0.1) is 0 Å². The van der Waals surface area contributed by atoms with Gasteiger partial charge in [0.05, 0.1) is 6.10 Å². The molecule has 1 atom stereocenters. The normalized spacial score (nSPS) is 12.4. The topological polar surface area (TPSA) is 20.2 Å². The van der Waals surface area contributed by atoms with E-state index >= 15 is 0 Å². The molecule has 0 aromatic heterocycles. The van der Waals surface area contributed by atoms with Crippen LogP contribution in [0.5, 0.6) is 0 Å². The number of rotatable bonds is 3. The molecular weight excluding hydrogens is 258 g/mol. The minimum Gasteiger partial charge on any atom is -0.388 e. The second-order valence-corrected chi connectivity index (χ2v) is 4.41. The first-order valence-electron chi connectivity index (χ1n) is 5.44. The molecule has 2 aromatic carbocycles. The second-order valence-electron chi connectivity index (χ2n) is 4.01. The molecular formula is C14H11ClF2O. The number of benzene rings is 2. The monoisotopic (exact) mass is 268 g/mol. The lowest BCUT2D eigenvalue weighted by Crippen LogP contribution is -2.02. The first kappa shape index (κ1) is 13.0. The van der Waals surface area contributed by atoms with Gasteiger partial charge >= 0.3 is 0 Å². The van der Waals surface area contributed by atoms with E-state index < -0.39 is 11.9 Å². The SMILES string of the molecule is OC(Cc1ccc(F)cc1Cl)c1ccc(F)cc1. The van der Waals surface area contributed by atoms with Crippen LogP contribution in [0.1, 0.15) is 17.2 Å². The van der Waals surface area contributed by atoms with Crippen molar-refractivity contribution in [1.82, 2.24) is 0 Å². The molecule has 1 nitrogen and oxygen atoms in total. The van der Waals surface area contributed by atoms with Crippen LogP contribution in [0.4, 0.5) is 8.78 Å². The van der Waals surface area contributed by atoms with Gasteiger partial charge in [-0.1, -0.05) is 29.8 Å². The van der Waals surface area contributed by atoms with Crippen molar-refractivity contribution in [3.63, 3.8) is 0 Å². The molecule has 1 unspecified atom stereocenters. The molecule has 1 N–H and O–H groups in total. The molecule has 94 valence electrons. The largest absolute Gasteiger partial charge is 0.388 e. The number of aliphatic hydroxyl groups excluding tert-OH is 1. The molecule has 0 amide bonds. The van der Waals surface area contributed by atoms with Gasteiger partial charge in [-0.25, -0.2) is 8.78 Å². The van der Waals surface area contributed by atoms with Crippen molar-refractivity contribution in [2.24, 2.45) is 0 Å². The fourth-order valence-corrected chi connectivity index (χ4v) is 1.94. The van der Waals surface area contributed by atoms with Gasteiger partial charge in [0.2, 0.25) is 0 Å². The molecule has 2 aromatic rings. The average Bonchev–Trinajstić information content (AvgIpc) is 2.33. The van der Waals surface area contributed by atoms with Crippen molar-refractivity contribution in [2.75, 3.05) is 0 Å². The van der Waals surface area contributed by atoms with Crippen LogP contribution < -0.4 is 0 Å². The Labute approximate surface area is 109 Å². The molecule has 0 heterocycles. The van der Waals surface area contributed by atoms with Gasteiger partial charge in [0, 0.05) is 11.4 Å². The van der Waals surface area contributed by atoms with Gasteiger partial charge in [-0.3, -0.25) is 0 Å². The molecule has 0 spiro atoms. The predicted octanol–water partition coefficient (Wildman–Crippen LogP) is 3.89. The summed E-state index contributed by atoms with van der Waals surface area (Å²) in [5, 5.41) is 10.3. The maximum absolute atomic E-state index is 12.9. The third kappa shape index (κ3) is 3.06. The Morgan fingerprint density at radius 1 is 1.00 bits per heavy atom. The molecule has 0 aliphatic rings. The molecule has 2 rings (SSSR count). The zero-order chi connectivity index (χ0) is 13.1. The van der Waals surface area contributed by atoms with Crippen molar-refractivity contribution >= 4 is 11.6 Å². The Bertz CT molecular complexity index is 540. The first-order chi connectivity index (χ1) is 8.56. The molecule has 0 fully saturated rings. The first-order valence-corrected chi connectivity index (χ1v) is 5.81. The Morgan fingerprint density at radius 2 is 1.61 bits per heavy atom. The lowest BCUT2D eigenvalue weighted by Gasteiger charge is -2.12. The smallest absolute Gasteiger partial charge is 0.124 e. The summed E-state index contributed by atoms with van der Waals surface area (Å²) in [6.45, 7) is 0. The summed E-state index contributed by atoms with van der Waals surface area (Å²) in [6.07, 6.45) is -0.543. The lowest BCUT2D eigenvalue weighted by molar-refractivity contribution is 0.178. The number of halogens is 3. The third-order valence-corrected chi connectivity index (χ3v) is 3.04. The summed E-state index contributed by atoms with van der Waals surface area (Å²) in [4.78, 5) is 0. The standard InChI is InChI=1S/C14H11ClF2O/c15-13-8-12(17)6-3-10(13)7-14(18)9-1-4-11(16)5-2-9/h1-6,8,14,18H,7H2. The van der Waals surface area contributed by atoms with E-state index in [-0.39, 0.29) is 17.3 Å². The molecule has 18 heavy (non-hydrogen) atoms. The van der Waals surface area contributed by atoms with Gasteiger partial charge in [0.25, 0.3) is 0 Å². The van der Waals surface area contributed by atoms with Gasteiger partial charge in [0.15, 0.2) is 0 Å². The van der Waals surface area contributed by atoms with E-state index in [1.54, 1.807) is 0 Å². The van der Waals surface area contributed by atoms with Crippen LogP contribution in [-0.4, -0.2) is 5.11 Å². The van der Waals surface area contributed by atoms with Gasteiger partial charge < -0.3 is 5.11 Å². The van der Waals surface area contributed by atoms with Crippen molar-refractivity contribution in [3.8, 4) is 0 Å². The maximum atomic E-state index is 12.9. The molecule has 0 saturated heterocycles. The fourth-order valence-electron chi connectivity index (χ4n) is 1.70. The van der Waals surface area contributed by atoms with E-state index in [0.717, 1.165) is 0 Å². The van der Waals surface area contributed by atoms with Crippen molar-refractivity contribution in [1.29, 1.82) is 0 Å². The number of hydrogen-bond donors (Lipinski definition) is 1. The molecule has 0 bridgehead atoms. The lowest BCUT2D eigenvalue weighted by atomic mass is 10.0. The Kier molecular flexibility index (Phi) is 3.94. The van der Waals surface area contributed by atoms with Crippen LogP contribution in [0, 0.1) is 11.6 Å². The van der Waals surface area contributed by atoms with Crippen LogP contribution in [0.2, 0.25) is 5.02 Å². The van der Waals surface area contributed by atoms with Crippen LogP contribution in [0.15, 0.2) is 42.5 Å². The van der Waals surface area contributed by atoms with Crippen LogP contribution in [0.25, 0.3) is 0 Å². The summed E-state index contributed by atoms with van der Waals surface area (Å²) in [6, 6.07) is 9.61. The van der Waals surface area contributed by atoms with Gasteiger partial charge in [-0.2, -0.15) is 0 Å². The van der Waals surface area contributed by atoms with Gasteiger partial charge in [-0.05, 0) is 35.4 Å². The molecule has 0 aliphatic carbocycles.